The molecule has 0 saturated carbocycles. The van der Waals surface area contributed by atoms with Gasteiger partial charge in [0.1, 0.15) is 6.04 Å². The van der Waals surface area contributed by atoms with Gasteiger partial charge in [-0.25, -0.2) is 9.59 Å². The van der Waals surface area contributed by atoms with Crippen LogP contribution >= 0.6 is 0 Å². The average molecular weight is 296 g/mol. The highest BCUT2D eigenvalue weighted by Gasteiger charge is 2.39. The van der Waals surface area contributed by atoms with Crippen LogP contribution in [0.4, 0.5) is 10.5 Å². The molecule has 2 rings (SSSR count). The minimum absolute atomic E-state index is 0.00981. The number of carboxylic acids is 1. The van der Waals surface area contributed by atoms with E-state index in [0.717, 1.165) is 4.90 Å². The van der Waals surface area contributed by atoms with E-state index >= 15 is 0 Å². The summed E-state index contributed by atoms with van der Waals surface area (Å²) in [6, 6.07) is 1.17. The molecule has 0 saturated heterocycles. The Balaban J connectivity index is 2.64. The van der Waals surface area contributed by atoms with Gasteiger partial charge in [-0.1, -0.05) is 0 Å². The summed E-state index contributed by atoms with van der Waals surface area (Å²) < 4.78 is 10.3. The molecule has 114 valence electrons. The highest BCUT2D eigenvalue weighted by Crippen LogP contribution is 2.42. The van der Waals surface area contributed by atoms with Gasteiger partial charge in [0.15, 0.2) is 11.5 Å². The number of hydrogen-bond donors (Lipinski definition) is 3. The van der Waals surface area contributed by atoms with Crippen molar-refractivity contribution in [3.05, 3.63) is 17.7 Å². The topological polar surface area (TPSA) is 122 Å². The van der Waals surface area contributed by atoms with Crippen LogP contribution in [0.1, 0.15) is 18.0 Å². The summed E-state index contributed by atoms with van der Waals surface area (Å²) >= 11 is 0. The van der Waals surface area contributed by atoms with E-state index in [-0.39, 0.29) is 12.1 Å². The molecule has 21 heavy (non-hydrogen) atoms. The monoisotopic (exact) mass is 296 g/mol. The summed E-state index contributed by atoms with van der Waals surface area (Å²) in [6.45, 7) is 0. The summed E-state index contributed by atoms with van der Waals surface area (Å²) in [5.41, 5.74) is 6.68. The molecule has 2 atom stereocenters. The SMILES string of the molecule is COc1cc2c(cc1OC)N(C(=O)O)[C@H](C(=O)O)C[C@H]2N. The van der Waals surface area contributed by atoms with Gasteiger partial charge >= 0.3 is 12.1 Å². The second-order valence-corrected chi connectivity index (χ2v) is 4.61. The van der Waals surface area contributed by atoms with Crippen molar-refractivity contribution < 1.29 is 29.3 Å². The van der Waals surface area contributed by atoms with Crippen molar-refractivity contribution in [2.75, 3.05) is 19.1 Å². The number of benzene rings is 1. The van der Waals surface area contributed by atoms with Gasteiger partial charge in [0, 0.05) is 12.1 Å². The zero-order valence-electron chi connectivity index (χ0n) is 11.6. The Hall–Kier alpha value is -2.48. The largest absolute Gasteiger partial charge is 0.493 e. The number of methoxy groups -OCH3 is 2. The Bertz CT molecular complexity index is 588. The highest BCUT2D eigenvalue weighted by molar-refractivity contribution is 5.96. The number of fused-ring (bicyclic) bond motifs is 1. The number of hydrogen-bond acceptors (Lipinski definition) is 5. The third kappa shape index (κ3) is 2.45. The van der Waals surface area contributed by atoms with E-state index in [9.17, 15) is 19.8 Å². The molecule has 0 fully saturated rings. The maximum atomic E-state index is 11.4. The number of ether oxygens (including phenoxy) is 2. The molecule has 0 bridgehead atoms. The number of carboxylic acid groups (broad SMARTS) is 2. The fraction of sp³-hybridized carbons (Fsp3) is 0.385. The van der Waals surface area contributed by atoms with Gasteiger partial charge in [-0.15, -0.1) is 0 Å². The van der Waals surface area contributed by atoms with E-state index in [1.807, 2.05) is 0 Å². The summed E-state index contributed by atoms with van der Waals surface area (Å²) in [7, 11) is 2.86. The first-order chi connectivity index (χ1) is 9.90. The van der Waals surface area contributed by atoms with Crippen LogP contribution in [-0.4, -0.2) is 42.5 Å². The Morgan fingerprint density at radius 1 is 1.24 bits per heavy atom. The van der Waals surface area contributed by atoms with Crippen molar-refractivity contribution in [3.8, 4) is 11.5 Å². The Morgan fingerprint density at radius 2 is 1.81 bits per heavy atom. The molecule has 8 heteroatoms. The fourth-order valence-corrected chi connectivity index (χ4v) is 2.48. The second-order valence-electron chi connectivity index (χ2n) is 4.61. The third-order valence-electron chi connectivity index (χ3n) is 3.47. The lowest BCUT2D eigenvalue weighted by molar-refractivity contribution is -0.138. The summed E-state index contributed by atoms with van der Waals surface area (Å²) in [5, 5.41) is 18.5. The zero-order chi connectivity index (χ0) is 15.7. The summed E-state index contributed by atoms with van der Waals surface area (Å²) in [4.78, 5) is 23.5. The minimum Gasteiger partial charge on any atom is -0.493 e. The molecule has 1 amide bonds. The number of amides is 1. The van der Waals surface area contributed by atoms with Crippen LogP contribution in [-0.2, 0) is 4.79 Å². The van der Waals surface area contributed by atoms with Gasteiger partial charge in [-0.05, 0) is 18.1 Å². The number of aliphatic carboxylic acids is 1. The standard InChI is InChI=1S/C13H16N2O6/c1-20-10-3-6-7(14)4-9(12(16)17)15(13(18)19)8(6)5-11(10)21-2/h3,5,7,9H,4,14H2,1-2H3,(H,16,17)(H,18,19)/t7-,9+/m1/s1. The second kappa shape index (κ2) is 5.49. The quantitative estimate of drug-likeness (QED) is 0.761. The molecule has 1 heterocycles. The average Bonchev–Trinajstić information content (AvgIpc) is 2.45. The summed E-state index contributed by atoms with van der Waals surface area (Å²) in [6.07, 6.45) is -1.37. The molecule has 1 aliphatic heterocycles. The predicted molar refractivity (Wildman–Crippen MR) is 73.0 cm³/mol. The van der Waals surface area contributed by atoms with Crippen molar-refractivity contribution in [2.24, 2.45) is 5.73 Å². The molecule has 4 N–H and O–H groups in total. The van der Waals surface area contributed by atoms with Gasteiger partial charge in [0.25, 0.3) is 0 Å². The minimum atomic E-state index is -1.36. The van der Waals surface area contributed by atoms with Gasteiger partial charge in [0.05, 0.1) is 19.9 Å². The van der Waals surface area contributed by atoms with Crippen LogP contribution in [0.2, 0.25) is 0 Å². The van der Waals surface area contributed by atoms with E-state index in [1.165, 1.54) is 20.3 Å². The van der Waals surface area contributed by atoms with Gasteiger partial charge in [-0.2, -0.15) is 0 Å². The molecule has 0 unspecified atom stereocenters. The Kier molecular flexibility index (Phi) is 3.90. The predicted octanol–water partition coefficient (Wildman–Crippen LogP) is 1.04. The van der Waals surface area contributed by atoms with E-state index in [0.29, 0.717) is 17.1 Å². The van der Waals surface area contributed by atoms with Crippen molar-refractivity contribution in [1.82, 2.24) is 0 Å². The van der Waals surface area contributed by atoms with Gasteiger partial charge in [-0.3, -0.25) is 4.90 Å². The normalized spacial score (nSPS) is 20.6. The Morgan fingerprint density at radius 3 is 2.29 bits per heavy atom. The zero-order valence-corrected chi connectivity index (χ0v) is 11.6. The van der Waals surface area contributed by atoms with E-state index < -0.39 is 24.1 Å². The van der Waals surface area contributed by atoms with Gasteiger partial charge < -0.3 is 25.4 Å². The maximum absolute atomic E-state index is 11.4. The summed E-state index contributed by atoms with van der Waals surface area (Å²) in [5.74, 6) is -0.528. The first kappa shape index (κ1) is 14.9. The van der Waals surface area contributed by atoms with E-state index in [1.54, 1.807) is 6.07 Å². The molecule has 1 aliphatic rings. The molecule has 0 aromatic heterocycles. The molecular formula is C13H16N2O6. The number of anilines is 1. The van der Waals surface area contributed by atoms with E-state index in [4.69, 9.17) is 15.2 Å². The molecule has 0 aliphatic carbocycles. The van der Waals surface area contributed by atoms with Crippen LogP contribution in [0.15, 0.2) is 12.1 Å². The molecule has 0 radical (unpaired) electrons. The number of nitrogens with two attached hydrogens (primary N) is 1. The smallest absolute Gasteiger partial charge is 0.412 e. The highest BCUT2D eigenvalue weighted by atomic mass is 16.5. The molecule has 0 spiro atoms. The van der Waals surface area contributed by atoms with Crippen LogP contribution < -0.4 is 20.1 Å². The number of carbonyl (C=O) groups is 2. The number of rotatable bonds is 3. The van der Waals surface area contributed by atoms with Crippen molar-refractivity contribution in [3.63, 3.8) is 0 Å². The molecular weight excluding hydrogens is 280 g/mol. The molecule has 1 aromatic rings. The van der Waals surface area contributed by atoms with Crippen molar-refractivity contribution >= 4 is 17.7 Å². The first-order valence-corrected chi connectivity index (χ1v) is 6.17. The molecule has 1 aromatic carbocycles. The lowest BCUT2D eigenvalue weighted by Crippen LogP contribution is -2.49. The van der Waals surface area contributed by atoms with Crippen LogP contribution in [0.5, 0.6) is 11.5 Å². The van der Waals surface area contributed by atoms with Crippen LogP contribution in [0, 0.1) is 0 Å². The van der Waals surface area contributed by atoms with Crippen molar-refractivity contribution in [1.29, 1.82) is 0 Å². The lowest BCUT2D eigenvalue weighted by Gasteiger charge is -2.36. The van der Waals surface area contributed by atoms with E-state index in [2.05, 4.69) is 0 Å². The number of nitrogens with zero attached hydrogens (tertiary/aromatic N) is 1. The first-order valence-electron chi connectivity index (χ1n) is 6.17. The van der Waals surface area contributed by atoms with Crippen LogP contribution in [0.25, 0.3) is 0 Å². The van der Waals surface area contributed by atoms with Crippen molar-refractivity contribution in [2.45, 2.75) is 18.5 Å². The molecule has 8 nitrogen and oxygen atoms in total. The Labute approximate surface area is 120 Å². The lowest BCUT2D eigenvalue weighted by atomic mass is 9.91. The van der Waals surface area contributed by atoms with Gasteiger partial charge in [0.2, 0.25) is 0 Å². The third-order valence-corrected chi connectivity index (χ3v) is 3.47. The van der Waals surface area contributed by atoms with Crippen LogP contribution in [0.3, 0.4) is 0 Å². The maximum Gasteiger partial charge on any atom is 0.412 e. The fourth-order valence-electron chi connectivity index (χ4n) is 2.48.